The number of amides is 2. The van der Waals surface area contributed by atoms with E-state index in [9.17, 15) is 14.4 Å². The fraction of sp³-hybridized carbons (Fsp3) is 0.310. The molecule has 3 aromatic heterocycles. The molecule has 1 atom stereocenters. The number of alkyl halides is 3. The number of aromatic amines is 1. The van der Waals surface area contributed by atoms with Crippen molar-refractivity contribution in [3.8, 4) is 22.5 Å². The number of aromatic nitrogens is 5. The Balaban J connectivity index is 0.00000151. The molecule has 4 heterocycles. The monoisotopic (exact) mass is 891 g/mol. The predicted octanol–water partition coefficient (Wildman–Crippen LogP) is 4.48. The first-order valence-corrected chi connectivity index (χ1v) is 17.6. The third-order valence-electron chi connectivity index (χ3n) is 6.40. The number of nitrogens with zero attached hydrogens (tertiary/aromatic N) is 5. The number of hydrogen-bond donors (Lipinski definition) is 2. The van der Waals surface area contributed by atoms with Gasteiger partial charge in [0.1, 0.15) is 0 Å². The van der Waals surface area contributed by atoms with E-state index in [0.29, 0.717) is 17.3 Å². The maximum Gasteiger partial charge on any atom is 2.00 e. The third kappa shape index (κ3) is 8.20. The minimum Gasteiger partial charge on any atom is -0.346 e. The Morgan fingerprint density at radius 1 is 1.17 bits per heavy atom. The summed E-state index contributed by atoms with van der Waals surface area (Å²) in [6.45, 7) is 8.15. The van der Waals surface area contributed by atoms with Crippen LogP contribution in [0.5, 0.6) is 0 Å². The maximum absolute atomic E-state index is 12.4. The van der Waals surface area contributed by atoms with E-state index in [0.717, 1.165) is 62.6 Å². The molecule has 12 heteroatoms. The Morgan fingerprint density at radius 2 is 1.95 bits per heavy atom. The molecule has 0 aliphatic carbocycles. The summed E-state index contributed by atoms with van der Waals surface area (Å²) < 4.78 is 3.23. The first-order valence-electron chi connectivity index (χ1n) is 13.0. The van der Waals surface area contributed by atoms with E-state index < -0.39 is 25.7 Å². The van der Waals surface area contributed by atoms with Gasteiger partial charge in [-0.05, 0) is 0 Å². The van der Waals surface area contributed by atoms with Gasteiger partial charge in [-0.3, -0.25) is 0 Å². The second-order valence-electron chi connectivity index (χ2n) is 9.03. The summed E-state index contributed by atoms with van der Waals surface area (Å²) in [4.78, 5) is 57.3. The van der Waals surface area contributed by atoms with Gasteiger partial charge in [-0.2, -0.15) is 6.92 Å². The van der Waals surface area contributed by atoms with E-state index in [-0.39, 0.29) is 37.0 Å². The molecule has 41 heavy (non-hydrogen) atoms. The molecule has 5 rings (SSSR count). The van der Waals surface area contributed by atoms with Crippen molar-refractivity contribution in [3.05, 3.63) is 61.5 Å². The normalized spacial score (nSPS) is 14.6. The smallest absolute Gasteiger partial charge is 0.346 e. The number of nitrogens with one attached hydrogen (secondary N) is 2. The molecule has 0 radical (unpaired) electrons. The van der Waals surface area contributed by atoms with Gasteiger partial charge in [-0.25, -0.2) is 0 Å². The summed E-state index contributed by atoms with van der Waals surface area (Å²) in [7, 11) is 0. The molecular formula is C29H32IN7O3U. The molecule has 1 aliphatic heterocycles. The first-order chi connectivity index (χ1) is 19.6. The van der Waals surface area contributed by atoms with Crippen LogP contribution in [0, 0.1) is 44.0 Å². The zero-order chi connectivity index (χ0) is 28.5. The van der Waals surface area contributed by atoms with Crippen LogP contribution in [0.3, 0.4) is 0 Å². The number of imidazole rings is 1. The quantitative estimate of drug-likeness (QED) is 0.0667. The largest absolute Gasteiger partial charge is 2.00 e. The van der Waals surface area contributed by atoms with Gasteiger partial charge in [0.15, 0.2) is 0 Å². The van der Waals surface area contributed by atoms with Gasteiger partial charge in [-0.1, -0.05) is 0 Å². The van der Waals surface area contributed by atoms with E-state index in [2.05, 4.69) is 44.3 Å². The average Bonchev–Trinajstić information content (AvgIpc) is 3.27. The molecule has 2 N–H and O–H groups in total. The van der Waals surface area contributed by atoms with Crippen LogP contribution >= 0.6 is 19.8 Å². The number of pyridine rings is 1. The van der Waals surface area contributed by atoms with Gasteiger partial charge >= 0.3 is 254 Å². The number of anilines is 1. The Labute approximate surface area is 270 Å². The topological polar surface area (TPSA) is 134 Å². The zero-order valence-electron chi connectivity index (χ0n) is 23.1. The van der Waals surface area contributed by atoms with E-state index >= 15 is 0 Å². The number of benzene rings is 1. The van der Waals surface area contributed by atoms with Crippen LogP contribution in [0.4, 0.5) is 5.95 Å². The molecule has 1 unspecified atom stereocenters. The average molecular weight is 892 g/mol. The van der Waals surface area contributed by atoms with Gasteiger partial charge in [0, 0.05) is 0 Å². The molecule has 0 saturated carbocycles. The van der Waals surface area contributed by atoms with Crippen molar-refractivity contribution >= 4 is 55.4 Å². The SMILES string of the molecule is CC(C=O)C(=O)N1CCCI(Cc2ccc(-c3cc(-c4ncccn4)c4nc(N[C-]=O)[nH]c4c3)cn2)CC1.[CH2-]C.[U+2]. The van der Waals surface area contributed by atoms with E-state index in [1.165, 1.54) is 4.43 Å². The molecule has 1 saturated heterocycles. The molecular weight excluding hydrogens is 859 g/mol. The van der Waals surface area contributed by atoms with Crippen molar-refractivity contribution in [1.29, 1.82) is 0 Å². The molecule has 10 nitrogen and oxygen atoms in total. The summed E-state index contributed by atoms with van der Waals surface area (Å²) in [5.41, 5.74) is 5.08. The number of hydrogen-bond acceptors (Lipinski definition) is 7. The summed E-state index contributed by atoms with van der Waals surface area (Å²) in [5.74, 6) is 0.215. The Hall–Kier alpha value is -2.69. The van der Waals surface area contributed by atoms with Gasteiger partial charge in [0.25, 0.3) is 0 Å². The molecule has 212 valence electrons. The van der Waals surface area contributed by atoms with Crippen molar-refractivity contribution in [3.63, 3.8) is 0 Å². The maximum atomic E-state index is 12.4. The molecule has 1 aliphatic rings. The van der Waals surface area contributed by atoms with E-state index in [1.807, 2.05) is 23.2 Å². The Morgan fingerprint density at radius 3 is 2.63 bits per heavy atom. The molecule has 4 aromatic rings. The van der Waals surface area contributed by atoms with Gasteiger partial charge in [-0.15, -0.1) is 0 Å². The number of halogens is 1. The Bertz CT molecular complexity index is 1450. The fourth-order valence-corrected chi connectivity index (χ4v) is 9.98. The number of carbonyl (C=O) groups excluding carboxylic acids is 3. The molecule has 0 bridgehead atoms. The Kier molecular flexibility index (Phi) is 12.9. The second-order valence-corrected chi connectivity index (χ2v) is 15.2. The number of aldehydes is 1. The van der Waals surface area contributed by atoms with Crippen LogP contribution in [0.25, 0.3) is 33.5 Å². The summed E-state index contributed by atoms with van der Waals surface area (Å²) >= 11 is -1.30. The zero-order valence-corrected chi connectivity index (χ0v) is 29.4. The molecule has 0 spiro atoms. The predicted molar refractivity (Wildman–Crippen MR) is 165 cm³/mol. The molecule has 1 fully saturated rings. The van der Waals surface area contributed by atoms with Crippen molar-refractivity contribution in [2.24, 2.45) is 5.92 Å². The van der Waals surface area contributed by atoms with Crippen molar-refractivity contribution in [2.45, 2.75) is 24.7 Å². The van der Waals surface area contributed by atoms with Crippen molar-refractivity contribution in [1.82, 2.24) is 29.8 Å². The van der Waals surface area contributed by atoms with Crippen molar-refractivity contribution < 1.29 is 45.5 Å². The van der Waals surface area contributed by atoms with Crippen LogP contribution in [0.2, 0.25) is 0 Å². The minimum absolute atomic E-state index is 0. The van der Waals surface area contributed by atoms with Crippen molar-refractivity contribution in [2.75, 3.05) is 27.3 Å². The van der Waals surface area contributed by atoms with E-state index in [4.69, 9.17) is 4.98 Å². The standard InChI is InChI=1S/C27H27IN7O3.C2H5.U/c1-18(16-36)26(38)35-10-2-6-28(7-11-35)14-21-5-4-19(15-31-21)20-12-22(25-29-8-3-9-30-25)24-23(13-20)33-27(34-24)32-17-37;1-2;/h3-5,8-9,12-13,15-16,18H,2,6-7,10-11,14H2,1H3,(H2,32,33,34,37);1H2,2H3;/q2*-1;+2. The number of H-pyrrole nitrogens is 1. The third-order valence-corrected chi connectivity index (χ3v) is 12.6. The first kappa shape index (κ1) is 32.8. The van der Waals surface area contributed by atoms with Crippen LogP contribution in [-0.4, -0.2) is 70.4 Å². The number of carbonyl (C=O) groups is 2. The summed E-state index contributed by atoms with van der Waals surface area (Å²) in [5, 5.41) is 2.44. The van der Waals surface area contributed by atoms with Gasteiger partial charge in [0.2, 0.25) is 0 Å². The van der Waals surface area contributed by atoms with Crippen LogP contribution in [0.1, 0.15) is 26.0 Å². The summed E-state index contributed by atoms with van der Waals surface area (Å²) in [6.07, 6.45) is 8.61. The van der Waals surface area contributed by atoms with E-state index in [1.54, 1.807) is 38.7 Å². The second kappa shape index (κ2) is 16.1. The number of fused-ring (bicyclic) bond motifs is 1. The summed E-state index contributed by atoms with van der Waals surface area (Å²) in [6, 6.07) is 9.86. The molecule has 2 amide bonds. The van der Waals surface area contributed by atoms with Crippen LogP contribution in [0.15, 0.2) is 48.9 Å². The minimum atomic E-state index is -1.30. The van der Waals surface area contributed by atoms with Gasteiger partial charge in [0.05, 0.1) is 0 Å². The number of rotatable bonds is 8. The van der Waals surface area contributed by atoms with Gasteiger partial charge < -0.3 is 11.7 Å². The van der Waals surface area contributed by atoms with Crippen LogP contribution < -0.4 is 5.32 Å². The van der Waals surface area contributed by atoms with Crippen LogP contribution in [-0.2, 0) is 18.8 Å². The molecule has 1 aromatic carbocycles. The fourth-order valence-electron chi connectivity index (χ4n) is 4.44.